The van der Waals surface area contributed by atoms with Crippen molar-refractivity contribution in [1.82, 2.24) is 0 Å². The summed E-state index contributed by atoms with van der Waals surface area (Å²) < 4.78 is 13.7. The van der Waals surface area contributed by atoms with Crippen LogP contribution in [0.2, 0.25) is 0 Å². The Morgan fingerprint density at radius 3 is 1.67 bits per heavy atom. The van der Waals surface area contributed by atoms with Gasteiger partial charge in [-0.2, -0.15) is 0 Å². The van der Waals surface area contributed by atoms with E-state index >= 15 is 0 Å². The molecule has 4 aliphatic rings. The topological polar surface area (TPSA) is 29.5 Å². The van der Waals surface area contributed by atoms with Crippen molar-refractivity contribution in [2.45, 2.75) is 30.6 Å². The summed E-state index contributed by atoms with van der Waals surface area (Å²) >= 11 is 0. The van der Waals surface area contributed by atoms with Gasteiger partial charge in [-0.15, -0.1) is 0 Å². The Morgan fingerprint density at radius 1 is 0.509 bits per heavy atom. The van der Waals surface area contributed by atoms with E-state index in [4.69, 9.17) is 8.83 Å². The highest BCUT2D eigenvalue weighted by atomic mass is 16.3. The van der Waals surface area contributed by atoms with E-state index in [9.17, 15) is 0 Å². The van der Waals surface area contributed by atoms with E-state index in [2.05, 4.69) is 183 Å². The summed E-state index contributed by atoms with van der Waals surface area (Å²) in [5.74, 6) is 0.493. The standard InChI is InChI=1S/C52H35NO2/c1-51(2)47-43(27-24-36-34-16-6-11-21-45(34)54-49(36)47)53(44-28-25-37-35-17-7-12-22-46(35)55-50(37)48(44)51)30-23-26-42-38(29-30)33-15-5-10-20-41(33)52(42)39-18-8-3-13-31(39)32-14-4-9-19-40(32)52/h3-29,33,41H,1-2H3. The number of furan rings is 2. The van der Waals surface area contributed by atoms with Crippen molar-refractivity contribution < 1.29 is 8.83 Å². The third-order valence-electron chi connectivity index (χ3n) is 13.5. The van der Waals surface area contributed by atoms with E-state index in [0.29, 0.717) is 0 Å². The van der Waals surface area contributed by atoms with Crippen LogP contribution in [-0.4, -0.2) is 0 Å². The highest BCUT2D eigenvalue weighted by molar-refractivity contribution is 6.12. The minimum atomic E-state index is -0.442. The number of rotatable bonds is 1. The molecular formula is C52H35NO2. The van der Waals surface area contributed by atoms with Gasteiger partial charge >= 0.3 is 0 Å². The van der Waals surface area contributed by atoms with Gasteiger partial charge in [-0.3, -0.25) is 0 Å². The lowest BCUT2D eigenvalue weighted by Gasteiger charge is -2.42. The Balaban J connectivity index is 1.12. The van der Waals surface area contributed by atoms with Crippen molar-refractivity contribution in [3.05, 3.63) is 197 Å². The fourth-order valence-electron chi connectivity index (χ4n) is 11.4. The predicted octanol–water partition coefficient (Wildman–Crippen LogP) is 13.7. The minimum Gasteiger partial charge on any atom is -0.456 e. The van der Waals surface area contributed by atoms with Crippen molar-refractivity contribution in [2.75, 3.05) is 4.90 Å². The quantitative estimate of drug-likeness (QED) is 0.170. The van der Waals surface area contributed by atoms with E-state index in [1.807, 2.05) is 0 Å². The molecule has 9 aromatic rings. The first-order valence-corrected chi connectivity index (χ1v) is 19.4. The second-order valence-corrected chi connectivity index (χ2v) is 16.3. The third kappa shape index (κ3) is 3.49. The van der Waals surface area contributed by atoms with Crippen LogP contribution >= 0.6 is 0 Å². The third-order valence-corrected chi connectivity index (χ3v) is 13.5. The summed E-state index contributed by atoms with van der Waals surface area (Å²) in [5.41, 5.74) is 17.1. The first-order chi connectivity index (χ1) is 27.0. The molecule has 1 aliphatic heterocycles. The van der Waals surface area contributed by atoms with Gasteiger partial charge < -0.3 is 13.7 Å². The van der Waals surface area contributed by atoms with Crippen LogP contribution in [-0.2, 0) is 10.8 Å². The van der Waals surface area contributed by atoms with Crippen molar-refractivity contribution in [2.24, 2.45) is 5.92 Å². The zero-order valence-electron chi connectivity index (χ0n) is 30.5. The fourth-order valence-corrected chi connectivity index (χ4v) is 11.4. The zero-order valence-corrected chi connectivity index (χ0v) is 30.5. The largest absolute Gasteiger partial charge is 0.456 e. The number of fused-ring (bicyclic) bond motifs is 20. The molecule has 7 aromatic carbocycles. The average Bonchev–Trinajstić information content (AvgIpc) is 3.95. The lowest BCUT2D eigenvalue weighted by Crippen LogP contribution is -2.33. The zero-order chi connectivity index (χ0) is 36.2. The normalized spacial score (nSPS) is 19.2. The van der Waals surface area contributed by atoms with Gasteiger partial charge in [0, 0.05) is 55.6 Å². The number of hydrogen-bond acceptors (Lipinski definition) is 3. The van der Waals surface area contributed by atoms with Crippen molar-refractivity contribution in [3.63, 3.8) is 0 Å². The maximum Gasteiger partial charge on any atom is 0.141 e. The molecule has 3 heterocycles. The first kappa shape index (κ1) is 29.8. The second kappa shape index (κ2) is 10.1. The molecule has 2 aromatic heterocycles. The van der Waals surface area contributed by atoms with Crippen LogP contribution in [0.1, 0.15) is 53.1 Å². The van der Waals surface area contributed by atoms with E-state index in [1.165, 1.54) is 44.5 Å². The molecule has 0 amide bonds. The molecule has 55 heavy (non-hydrogen) atoms. The van der Waals surface area contributed by atoms with Crippen LogP contribution in [0.4, 0.5) is 17.1 Å². The van der Waals surface area contributed by atoms with Crippen molar-refractivity contribution in [1.29, 1.82) is 0 Å². The van der Waals surface area contributed by atoms with Crippen LogP contribution in [0.3, 0.4) is 0 Å². The summed E-state index contributed by atoms with van der Waals surface area (Å²) in [6.45, 7) is 4.68. The van der Waals surface area contributed by atoms with Crippen molar-refractivity contribution >= 4 is 60.9 Å². The minimum absolute atomic E-state index is 0.232. The Morgan fingerprint density at radius 2 is 1.05 bits per heavy atom. The highest BCUT2D eigenvalue weighted by Gasteiger charge is 2.57. The van der Waals surface area contributed by atoms with Gasteiger partial charge in [-0.05, 0) is 81.9 Å². The smallest absolute Gasteiger partial charge is 0.141 e. The summed E-state index contributed by atoms with van der Waals surface area (Å²) in [6, 6.07) is 51.5. The molecule has 0 saturated carbocycles. The number of para-hydroxylation sites is 2. The molecule has 0 radical (unpaired) electrons. The second-order valence-electron chi connectivity index (χ2n) is 16.3. The fraction of sp³-hybridized carbons (Fsp3) is 0.115. The van der Waals surface area contributed by atoms with Gasteiger partial charge in [-0.25, -0.2) is 0 Å². The molecule has 3 nitrogen and oxygen atoms in total. The number of hydrogen-bond donors (Lipinski definition) is 0. The van der Waals surface area contributed by atoms with Crippen LogP contribution in [0.25, 0.3) is 55.0 Å². The number of anilines is 3. The molecular weight excluding hydrogens is 671 g/mol. The molecule has 2 atom stereocenters. The van der Waals surface area contributed by atoms with Gasteiger partial charge in [0.25, 0.3) is 0 Å². The molecule has 0 N–H and O–H groups in total. The van der Waals surface area contributed by atoms with E-state index in [1.54, 1.807) is 0 Å². The first-order valence-electron chi connectivity index (χ1n) is 19.4. The van der Waals surface area contributed by atoms with Gasteiger partial charge in [0.1, 0.15) is 22.3 Å². The van der Waals surface area contributed by atoms with Crippen molar-refractivity contribution in [3.8, 4) is 11.1 Å². The number of nitrogens with zero attached hydrogens (tertiary/aromatic N) is 1. The summed E-state index contributed by atoms with van der Waals surface area (Å²) in [7, 11) is 0. The number of allylic oxidation sites excluding steroid dienone is 4. The molecule has 1 spiro atoms. The molecule has 13 rings (SSSR count). The van der Waals surface area contributed by atoms with E-state index < -0.39 is 5.41 Å². The van der Waals surface area contributed by atoms with E-state index in [0.717, 1.165) is 60.9 Å². The van der Waals surface area contributed by atoms with Crippen LogP contribution in [0.15, 0.2) is 173 Å². The molecule has 2 unspecified atom stereocenters. The van der Waals surface area contributed by atoms with Gasteiger partial charge in [-0.1, -0.05) is 129 Å². The summed E-state index contributed by atoms with van der Waals surface area (Å²) in [5, 5.41) is 4.55. The molecule has 0 fully saturated rings. The Hall–Kier alpha value is -6.58. The predicted molar refractivity (Wildman–Crippen MR) is 224 cm³/mol. The summed E-state index contributed by atoms with van der Waals surface area (Å²) in [4.78, 5) is 2.48. The maximum atomic E-state index is 6.86. The lowest BCUT2D eigenvalue weighted by molar-refractivity contribution is 0.465. The number of benzene rings is 7. The SMILES string of the molecule is CC1(C)c2c(ccc3c2oc2ccccc23)N(c2ccc3c(c2)C2C=CC=CC2C32c3ccccc3-c3ccccc32)c2ccc3c(oc4ccccc43)c21. The average molecular weight is 706 g/mol. The molecule has 3 heteroatoms. The summed E-state index contributed by atoms with van der Waals surface area (Å²) in [6.07, 6.45) is 9.40. The van der Waals surface area contributed by atoms with Crippen LogP contribution in [0.5, 0.6) is 0 Å². The van der Waals surface area contributed by atoms with Crippen LogP contribution < -0.4 is 4.90 Å². The Kier molecular flexibility index (Phi) is 5.49. The Labute approximate surface area is 318 Å². The van der Waals surface area contributed by atoms with Crippen LogP contribution in [0, 0.1) is 5.92 Å². The monoisotopic (exact) mass is 705 g/mol. The van der Waals surface area contributed by atoms with E-state index in [-0.39, 0.29) is 17.3 Å². The molecule has 3 aliphatic carbocycles. The highest BCUT2D eigenvalue weighted by Crippen LogP contribution is 2.66. The molecule has 260 valence electrons. The van der Waals surface area contributed by atoms with Gasteiger partial charge in [0.15, 0.2) is 0 Å². The maximum absolute atomic E-state index is 6.86. The lowest BCUT2D eigenvalue weighted by atomic mass is 9.65. The molecule has 0 saturated heterocycles. The molecule has 0 bridgehead atoms. The Bertz CT molecular complexity index is 3050. The van der Waals surface area contributed by atoms with Gasteiger partial charge in [0.05, 0.1) is 16.8 Å². The van der Waals surface area contributed by atoms with Gasteiger partial charge in [0.2, 0.25) is 0 Å².